The summed E-state index contributed by atoms with van der Waals surface area (Å²) < 4.78 is 5.01. The first kappa shape index (κ1) is 14.4. The number of ether oxygens (including phenoxy) is 1. The molecule has 0 rings (SSSR count). The van der Waals surface area contributed by atoms with Crippen molar-refractivity contribution in [2.45, 2.75) is 46.2 Å². The van der Waals surface area contributed by atoms with Gasteiger partial charge in [-0.2, -0.15) is 0 Å². The highest BCUT2D eigenvalue weighted by Crippen LogP contribution is 2.17. The molecule has 0 aromatic heterocycles. The molecular formula is C11H24N2O2. The van der Waals surface area contributed by atoms with Crippen molar-refractivity contribution in [2.75, 3.05) is 13.7 Å². The minimum Gasteiger partial charge on any atom is -0.383 e. The van der Waals surface area contributed by atoms with Crippen LogP contribution in [0.15, 0.2) is 0 Å². The summed E-state index contributed by atoms with van der Waals surface area (Å²) in [6.45, 7) is 8.39. The van der Waals surface area contributed by atoms with Crippen molar-refractivity contribution in [1.82, 2.24) is 5.32 Å². The summed E-state index contributed by atoms with van der Waals surface area (Å²) >= 11 is 0. The predicted octanol–water partition coefficient (Wildman–Crippen LogP) is 0.901. The van der Waals surface area contributed by atoms with E-state index in [1.54, 1.807) is 7.11 Å². The zero-order chi connectivity index (χ0) is 12.1. The standard InChI is InChI=1S/C11H24N2O2/c1-6-8(7-15-5)13-10(14)9(12)11(2,3)4/h8-9H,6-7,12H2,1-5H3,(H,13,14)/t8?,9-/m1/s1. The number of methoxy groups -OCH3 is 1. The van der Waals surface area contributed by atoms with Crippen LogP contribution in [0.25, 0.3) is 0 Å². The summed E-state index contributed by atoms with van der Waals surface area (Å²) in [6, 6.07) is -0.431. The van der Waals surface area contributed by atoms with Crippen LogP contribution >= 0.6 is 0 Å². The lowest BCUT2D eigenvalue weighted by molar-refractivity contribution is -0.125. The molecule has 1 unspecified atom stereocenters. The van der Waals surface area contributed by atoms with Gasteiger partial charge in [0.05, 0.1) is 18.7 Å². The third kappa shape index (κ3) is 5.14. The number of carbonyl (C=O) groups excluding carboxylic acids is 1. The zero-order valence-electron chi connectivity index (χ0n) is 10.5. The second kappa shape index (κ2) is 6.08. The second-order valence-corrected chi connectivity index (χ2v) is 4.91. The monoisotopic (exact) mass is 216 g/mol. The van der Waals surface area contributed by atoms with Gasteiger partial charge in [0.1, 0.15) is 0 Å². The van der Waals surface area contributed by atoms with Gasteiger partial charge in [0.25, 0.3) is 0 Å². The first-order valence-electron chi connectivity index (χ1n) is 5.37. The predicted molar refractivity (Wildman–Crippen MR) is 61.5 cm³/mol. The molecule has 1 amide bonds. The highest BCUT2D eigenvalue weighted by molar-refractivity contribution is 5.82. The molecular weight excluding hydrogens is 192 g/mol. The number of nitrogens with two attached hydrogens (primary N) is 1. The van der Waals surface area contributed by atoms with Crippen molar-refractivity contribution in [2.24, 2.45) is 11.1 Å². The van der Waals surface area contributed by atoms with Crippen LogP contribution < -0.4 is 11.1 Å². The molecule has 0 aromatic carbocycles. The lowest BCUT2D eigenvalue weighted by atomic mass is 9.87. The van der Waals surface area contributed by atoms with Gasteiger partial charge in [-0.15, -0.1) is 0 Å². The van der Waals surface area contributed by atoms with Gasteiger partial charge in [0.15, 0.2) is 0 Å². The molecule has 0 heterocycles. The summed E-state index contributed by atoms with van der Waals surface area (Å²) in [5, 5.41) is 2.88. The zero-order valence-corrected chi connectivity index (χ0v) is 10.5. The molecule has 0 aromatic rings. The van der Waals surface area contributed by atoms with Crippen LogP contribution in [0.1, 0.15) is 34.1 Å². The van der Waals surface area contributed by atoms with Crippen LogP contribution in [0.2, 0.25) is 0 Å². The summed E-state index contributed by atoms with van der Waals surface area (Å²) in [6.07, 6.45) is 0.844. The highest BCUT2D eigenvalue weighted by atomic mass is 16.5. The van der Waals surface area contributed by atoms with E-state index in [0.717, 1.165) is 6.42 Å². The van der Waals surface area contributed by atoms with Crippen LogP contribution in [0.3, 0.4) is 0 Å². The van der Waals surface area contributed by atoms with Crippen molar-refractivity contribution in [3.8, 4) is 0 Å². The Balaban J connectivity index is 4.22. The van der Waals surface area contributed by atoms with Crippen molar-refractivity contribution in [3.63, 3.8) is 0 Å². The SMILES string of the molecule is CCC(COC)NC(=O)[C@@H](N)C(C)(C)C. The smallest absolute Gasteiger partial charge is 0.237 e. The number of carbonyl (C=O) groups is 1. The van der Waals surface area contributed by atoms with Crippen molar-refractivity contribution >= 4 is 5.91 Å². The highest BCUT2D eigenvalue weighted by Gasteiger charge is 2.28. The van der Waals surface area contributed by atoms with Crippen LogP contribution in [0.4, 0.5) is 0 Å². The fraction of sp³-hybridized carbons (Fsp3) is 0.909. The van der Waals surface area contributed by atoms with E-state index >= 15 is 0 Å². The van der Waals surface area contributed by atoms with Crippen molar-refractivity contribution in [3.05, 3.63) is 0 Å². The molecule has 15 heavy (non-hydrogen) atoms. The third-order valence-electron chi connectivity index (χ3n) is 2.42. The molecule has 0 saturated carbocycles. The Hall–Kier alpha value is -0.610. The fourth-order valence-corrected chi connectivity index (χ4v) is 1.15. The molecule has 0 aliphatic rings. The van der Waals surface area contributed by atoms with Gasteiger partial charge >= 0.3 is 0 Å². The van der Waals surface area contributed by atoms with E-state index in [1.807, 2.05) is 27.7 Å². The molecule has 3 N–H and O–H groups in total. The number of hydrogen-bond donors (Lipinski definition) is 2. The molecule has 0 fully saturated rings. The third-order valence-corrected chi connectivity index (χ3v) is 2.42. The first-order chi connectivity index (χ1) is 6.82. The van der Waals surface area contributed by atoms with Crippen molar-refractivity contribution in [1.29, 1.82) is 0 Å². The Bertz CT molecular complexity index is 199. The Kier molecular flexibility index (Phi) is 5.83. The van der Waals surface area contributed by atoms with E-state index in [-0.39, 0.29) is 17.4 Å². The summed E-state index contributed by atoms with van der Waals surface area (Å²) in [7, 11) is 1.62. The Morgan fingerprint density at radius 2 is 2.00 bits per heavy atom. The van der Waals surface area contributed by atoms with E-state index in [4.69, 9.17) is 10.5 Å². The maximum Gasteiger partial charge on any atom is 0.237 e. The van der Waals surface area contributed by atoms with Gasteiger partial charge < -0.3 is 15.8 Å². The summed E-state index contributed by atoms with van der Waals surface area (Å²) in [5.41, 5.74) is 5.63. The van der Waals surface area contributed by atoms with E-state index in [0.29, 0.717) is 6.61 Å². The van der Waals surface area contributed by atoms with Gasteiger partial charge in [-0.3, -0.25) is 4.79 Å². The maximum absolute atomic E-state index is 11.7. The van der Waals surface area contributed by atoms with E-state index in [2.05, 4.69) is 5.32 Å². The minimum atomic E-state index is -0.483. The molecule has 4 nitrogen and oxygen atoms in total. The van der Waals surface area contributed by atoms with Gasteiger partial charge in [-0.05, 0) is 11.8 Å². The van der Waals surface area contributed by atoms with Crippen LogP contribution in [-0.4, -0.2) is 31.7 Å². The van der Waals surface area contributed by atoms with Crippen LogP contribution in [0, 0.1) is 5.41 Å². The first-order valence-corrected chi connectivity index (χ1v) is 5.37. The Morgan fingerprint density at radius 1 is 1.47 bits per heavy atom. The number of rotatable bonds is 5. The summed E-state index contributed by atoms with van der Waals surface area (Å²) in [5.74, 6) is -0.105. The lowest BCUT2D eigenvalue weighted by Gasteiger charge is -2.27. The van der Waals surface area contributed by atoms with Gasteiger partial charge in [0, 0.05) is 7.11 Å². The second-order valence-electron chi connectivity index (χ2n) is 4.91. The number of amides is 1. The average Bonchev–Trinajstić information content (AvgIpc) is 2.14. The molecule has 0 aliphatic carbocycles. The van der Waals surface area contributed by atoms with Crippen molar-refractivity contribution < 1.29 is 9.53 Å². The minimum absolute atomic E-state index is 0.0518. The maximum atomic E-state index is 11.7. The fourth-order valence-electron chi connectivity index (χ4n) is 1.15. The van der Waals surface area contributed by atoms with Crippen LogP contribution in [0.5, 0.6) is 0 Å². The van der Waals surface area contributed by atoms with E-state index in [1.165, 1.54) is 0 Å². The van der Waals surface area contributed by atoms with Gasteiger partial charge in [-0.25, -0.2) is 0 Å². The molecule has 0 saturated heterocycles. The molecule has 4 heteroatoms. The molecule has 0 spiro atoms. The molecule has 0 radical (unpaired) electrons. The van der Waals surface area contributed by atoms with E-state index < -0.39 is 6.04 Å². The Morgan fingerprint density at radius 3 is 2.33 bits per heavy atom. The van der Waals surface area contributed by atoms with Gasteiger partial charge in [-0.1, -0.05) is 27.7 Å². The average molecular weight is 216 g/mol. The molecule has 90 valence electrons. The topological polar surface area (TPSA) is 64.3 Å². The quantitative estimate of drug-likeness (QED) is 0.717. The number of hydrogen-bond acceptors (Lipinski definition) is 3. The normalized spacial score (nSPS) is 15.9. The molecule has 0 bridgehead atoms. The number of nitrogens with one attached hydrogen (secondary N) is 1. The molecule has 0 aliphatic heterocycles. The largest absolute Gasteiger partial charge is 0.383 e. The lowest BCUT2D eigenvalue weighted by Crippen LogP contribution is -2.52. The van der Waals surface area contributed by atoms with Gasteiger partial charge in [0.2, 0.25) is 5.91 Å². The Labute approximate surface area is 92.6 Å². The molecule has 2 atom stereocenters. The van der Waals surface area contributed by atoms with E-state index in [9.17, 15) is 4.79 Å². The van der Waals surface area contributed by atoms with Crippen LogP contribution in [-0.2, 0) is 9.53 Å². The summed E-state index contributed by atoms with van der Waals surface area (Å²) in [4.78, 5) is 11.7.